The fourth-order valence-electron chi connectivity index (χ4n) is 3.88. The smallest absolute Gasteiger partial charge is 0.274 e. The summed E-state index contributed by atoms with van der Waals surface area (Å²) in [4.78, 5) is 36.9. The van der Waals surface area contributed by atoms with Crippen LogP contribution in [0.25, 0.3) is 10.8 Å². The first-order chi connectivity index (χ1) is 14.6. The Morgan fingerprint density at radius 3 is 2.57 bits per heavy atom. The third kappa shape index (κ3) is 4.46. The lowest BCUT2D eigenvalue weighted by atomic mass is 10.00. The number of aromatic nitrogens is 2. The summed E-state index contributed by atoms with van der Waals surface area (Å²) in [5, 5.41) is 5.44. The van der Waals surface area contributed by atoms with Crippen molar-refractivity contribution in [2.75, 3.05) is 32.7 Å². The molecule has 0 radical (unpaired) electrons. The normalized spacial score (nSPS) is 15.7. The molecule has 30 heavy (non-hydrogen) atoms. The van der Waals surface area contributed by atoms with Crippen LogP contribution in [0.3, 0.4) is 0 Å². The lowest BCUT2D eigenvalue weighted by Crippen LogP contribution is -2.51. The topological polar surface area (TPSA) is 78.4 Å². The number of benzene rings is 2. The minimum atomic E-state index is -0.114. The van der Waals surface area contributed by atoms with Crippen molar-refractivity contribution in [1.29, 1.82) is 0 Å². The zero-order valence-corrected chi connectivity index (χ0v) is 17.0. The first-order valence-electron chi connectivity index (χ1n) is 10.2. The summed E-state index contributed by atoms with van der Waals surface area (Å²) >= 11 is 0. The van der Waals surface area contributed by atoms with Gasteiger partial charge in [-0.3, -0.25) is 19.5 Å². The molecule has 1 fully saturated rings. The van der Waals surface area contributed by atoms with Gasteiger partial charge in [0.15, 0.2) is 0 Å². The van der Waals surface area contributed by atoms with Gasteiger partial charge in [-0.1, -0.05) is 42.5 Å². The van der Waals surface area contributed by atoms with Crippen molar-refractivity contribution in [2.45, 2.75) is 13.0 Å². The molecule has 2 amide bonds. The van der Waals surface area contributed by atoms with E-state index in [1.54, 1.807) is 11.1 Å². The van der Waals surface area contributed by atoms with Crippen molar-refractivity contribution < 1.29 is 9.59 Å². The minimum absolute atomic E-state index is 0.0101. The second-order valence-corrected chi connectivity index (χ2v) is 7.52. The summed E-state index contributed by atoms with van der Waals surface area (Å²) in [6, 6.07) is 14.3. The van der Waals surface area contributed by atoms with Gasteiger partial charge in [0, 0.05) is 38.6 Å². The number of hydrogen-bond donors (Lipinski definition) is 1. The van der Waals surface area contributed by atoms with E-state index in [0.717, 1.165) is 10.9 Å². The fourth-order valence-corrected chi connectivity index (χ4v) is 3.88. The second kappa shape index (κ2) is 9.00. The zero-order chi connectivity index (χ0) is 20.9. The Morgan fingerprint density at radius 2 is 1.80 bits per heavy atom. The third-order valence-corrected chi connectivity index (χ3v) is 5.48. The van der Waals surface area contributed by atoms with E-state index in [9.17, 15) is 9.59 Å². The maximum Gasteiger partial charge on any atom is 0.274 e. The van der Waals surface area contributed by atoms with E-state index in [1.165, 1.54) is 17.8 Å². The predicted octanol–water partition coefficient (Wildman–Crippen LogP) is 2.27. The zero-order valence-electron chi connectivity index (χ0n) is 17.0. The van der Waals surface area contributed by atoms with E-state index in [2.05, 4.69) is 44.5 Å². The number of carbonyl (C=O) groups excluding carboxylic acids is 2. The highest BCUT2D eigenvalue weighted by atomic mass is 16.2. The number of amides is 2. The first-order valence-corrected chi connectivity index (χ1v) is 10.2. The molecule has 1 N–H and O–H groups in total. The van der Waals surface area contributed by atoms with Crippen LogP contribution in [0.15, 0.2) is 61.1 Å². The Labute approximate surface area is 175 Å². The quantitative estimate of drug-likeness (QED) is 0.707. The van der Waals surface area contributed by atoms with Gasteiger partial charge in [0.2, 0.25) is 5.91 Å². The largest absolute Gasteiger partial charge is 0.348 e. The van der Waals surface area contributed by atoms with Gasteiger partial charge in [-0.05, 0) is 23.3 Å². The molecule has 0 saturated carbocycles. The summed E-state index contributed by atoms with van der Waals surface area (Å²) in [5.41, 5.74) is 1.47. The summed E-state index contributed by atoms with van der Waals surface area (Å²) in [5.74, 6) is -0.124. The van der Waals surface area contributed by atoms with Crippen LogP contribution >= 0.6 is 0 Å². The van der Waals surface area contributed by atoms with E-state index >= 15 is 0 Å². The number of rotatable bonds is 5. The van der Waals surface area contributed by atoms with Gasteiger partial charge < -0.3 is 10.2 Å². The highest BCUT2D eigenvalue weighted by molar-refractivity contribution is 5.92. The molecule has 7 nitrogen and oxygen atoms in total. The van der Waals surface area contributed by atoms with Crippen molar-refractivity contribution in [3.8, 4) is 0 Å². The van der Waals surface area contributed by atoms with Gasteiger partial charge >= 0.3 is 0 Å². The fraction of sp³-hybridized carbons (Fsp3) is 0.304. The Bertz CT molecular complexity index is 1030. The molecule has 1 aliphatic rings. The molecule has 0 spiro atoms. The highest BCUT2D eigenvalue weighted by Gasteiger charge is 2.24. The molecule has 0 aliphatic carbocycles. The monoisotopic (exact) mass is 403 g/mol. The van der Waals surface area contributed by atoms with Crippen molar-refractivity contribution in [1.82, 2.24) is 25.1 Å². The molecular formula is C23H25N5O2. The molecule has 154 valence electrons. The number of piperazine rings is 1. The average Bonchev–Trinajstić information content (AvgIpc) is 2.79. The SMILES string of the molecule is CC(NC(=O)CN1CCN(C(=O)c2cnccn2)CC1)c1cccc2ccccc12. The Morgan fingerprint density at radius 1 is 1.03 bits per heavy atom. The summed E-state index contributed by atoms with van der Waals surface area (Å²) < 4.78 is 0. The third-order valence-electron chi connectivity index (χ3n) is 5.48. The number of fused-ring (bicyclic) bond motifs is 1. The Kier molecular flexibility index (Phi) is 5.99. The maximum absolute atomic E-state index is 12.6. The molecule has 1 aliphatic heterocycles. The van der Waals surface area contributed by atoms with Crippen LogP contribution in [0.2, 0.25) is 0 Å². The molecule has 0 bridgehead atoms. The number of nitrogens with zero attached hydrogens (tertiary/aromatic N) is 4. The van der Waals surface area contributed by atoms with Crippen molar-refractivity contribution in [3.63, 3.8) is 0 Å². The van der Waals surface area contributed by atoms with E-state index in [0.29, 0.717) is 38.4 Å². The van der Waals surface area contributed by atoms with Gasteiger partial charge in [0.25, 0.3) is 5.91 Å². The van der Waals surface area contributed by atoms with Crippen LogP contribution in [0, 0.1) is 0 Å². The van der Waals surface area contributed by atoms with Crippen LogP contribution in [-0.4, -0.2) is 64.3 Å². The molecule has 1 saturated heterocycles. The molecular weight excluding hydrogens is 378 g/mol. The Balaban J connectivity index is 1.30. The van der Waals surface area contributed by atoms with Crippen molar-refractivity contribution >= 4 is 22.6 Å². The molecule has 7 heteroatoms. The number of nitrogens with one attached hydrogen (secondary N) is 1. The van der Waals surface area contributed by atoms with Crippen LogP contribution < -0.4 is 5.32 Å². The van der Waals surface area contributed by atoms with Crippen LogP contribution in [-0.2, 0) is 4.79 Å². The molecule has 2 aromatic carbocycles. The van der Waals surface area contributed by atoms with E-state index in [1.807, 2.05) is 25.1 Å². The van der Waals surface area contributed by atoms with Gasteiger partial charge in [0.05, 0.1) is 18.8 Å². The standard InChI is InChI=1S/C23H25N5O2/c1-17(19-8-4-6-18-5-2-3-7-20(18)19)26-22(29)16-27-11-13-28(14-12-27)23(30)21-15-24-9-10-25-21/h2-10,15,17H,11-14,16H2,1H3,(H,26,29). The van der Waals surface area contributed by atoms with E-state index < -0.39 is 0 Å². The number of hydrogen-bond acceptors (Lipinski definition) is 5. The summed E-state index contributed by atoms with van der Waals surface area (Å²) in [6.45, 7) is 4.78. The summed E-state index contributed by atoms with van der Waals surface area (Å²) in [6.07, 6.45) is 4.55. The van der Waals surface area contributed by atoms with Crippen molar-refractivity contribution in [2.24, 2.45) is 0 Å². The minimum Gasteiger partial charge on any atom is -0.348 e. The number of carbonyl (C=O) groups is 2. The first kappa shape index (κ1) is 20.0. The average molecular weight is 403 g/mol. The molecule has 1 aromatic heterocycles. The molecule has 1 unspecified atom stereocenters. The van der Waals surface area contributed by atoms with E-state index in [4.69, 9.17) is 0 Å². The lowest BCUT2D eigenvalue weighted by molar-refractivity contribution is -0.123. The van der Waals surface area contributed by atoms with Crippen LogP contribution in [0.4, 0.5) is 0 Å². The predicted molar refractivity (Wildman–Crippen MR) is 115 cm³/mol. The van der Waals surface area contributed by atoms with Gasteiger partial charge in [-0.25, -0.2) is 4.98 Å². The molecule has 3 aromatic rings. The van der Waals surface area contributed by atoms with Gasteiger partial charge in [-0.15, -0.1) is 0 Å². The molecule has 1 atom stereocenters. The Hall–Kier alpha value is -3.32. The lowest BCUT2D eigenvalue weighted by Gasteiger charge is -2.34. The van der Waals surface area contributed by atoms with E-state index in [-0.39, 0.29) is 17.9 Å². The van der Waals surface area contributed by atoms with Crippen LogP contribution in [0.1, 0.15) is 29.0 Å². The van der Waals surface area contributed by atoms with Crippen molar-refractivity contribution in [3.05, 3.63) is 72.3 Å². The second-order valence-electron chi connectivity index (χ2n) is 7.52. The van der Waals surface area contributed by atoms with Gasteiger partial charge in [-0.2, -0.15) is 0 Å². The highest BCUT2D eigenvalue weighted by Crippen LogP contribution is 2.24. The van der Waals surface area contributed by atoms with Crippen LogP contribution in [0.5, 0.6) is 0 Å². The molecule has 2 heterocycles. The van der Waals surface area contributed by atoms with Gasteiger partial charge in [0.1, 0.15) is 5.69 Å². The molecule has 4 rings (SSSR count). The maximum atomic E-state index is 12.6. The summed E-state index contributed by atoms with van der Waals surface area (Å²) in [7, 11) is 0.